The second-order valence-electron chi connectivity index (χ2n) is 3.28. The van der Waals surface area contributed by atoms with Crippen molar-refractivity contribution in [1.29, 1.82) is 10.8 Å². The van der Waals surface area contributed by atoms with Crippen molar-refractivity contribution in [3.05, 3.63) is 0 Å². The highest BCUT2D eigenvalue weighted by molar-refractivity contribution is 5.99. The fourth-order valence-corrected chi connectivity index (χ4v) is 1.12. The van der Waals surface area contributed by atoms with Crippen molar-refractivity contribution in [3.8, 4) is 0 Å². The predicted octanol–water partition coefficient (Wildman–Crippen LogP) is 1.67. The molecule has 1 heterocycles. The number of rotatable bonds is 1. The van der Waals surface area contributed by atoms with Crippen LogP contribution in [0.2, 0.25) is 0 Å². The zero-order valence-electron chi connectivity index (χ0n) is 9.48. The third kappa shape index (κ3) is 4.37. The molecule has 4 heteroatoms. The zero-order valence-corrected chi connectivity index (χ0v) is 9.48. The van der Waals surface area contributed by atoms with E-state index in [1.54, 1.807) is 4.90 Å². The average molecular weight is 198 g/mol. The molecular weight excluding hydrogens is 176 g/mol. The summed E-state index contributed by atoms with van der Waals surface area (Å²) in [4.78, 5) is 1.76. The van der Waals surface area contributed by atoms with Crippen molar-refractivity contribution in [3.63, 3.8) is 0 Å². The molecule has 0 radical (unpaired) electrons. The third-order valence-corrected chi connectivity index (χ3v) is 1.79. The Morgan fingerprint density at radius 2 is 2.00 bits per heavy atom. The molecule has 0 aromatic heterocycles. The van der Waals surface area contributed by atoms with Gasteiger partial charge in [0.05, 0.1) is 6.54 Å². The van der Waals surface area contributed by atoms with Gasteiger partial charge in [0.15, 0.2) is 0 Å². The maximum Gasteiger partial charge on any atom is 0.115 e. The van der Waals surface area contributed by atoms with Crippen LogP contribution >= 0.6 is 0 Å². The summed E-state index contributed by atoms with van der Waals surface area (Å²) in [7, 11) is 0. The summed E-state index contributed by atoms with van der Waals surface area (Å²) >= 11 is 0. The van der Waals surface area contributed by atoms with Gasteiger partial charge in [0.25, 0.3) is 0 Å². The van der Waals surface area contributed by atoms with Gasteiger partial charge in [0.1, 0.15) is 11.7 Å². The predicted molar refractivity (Wildman–Crippen MR) is 61.3 cm³/mol. The van der Waals surface area contributed by atoms with Crippen LogP contribution in [0.4, 0.5) is 0 Å². The largest absolute Gasteiger partial charge is 0.317 e. The van der Waals surface area contributed by atoms with Gasteiger partial charge in [-0.25, -0.2) is 0 Å². The Morgan fingerprint density at radius 3 is 2.43 bits per heavy atom. The molecule has 0 bridgehead atoms. The first-order chi connectivity index (χ1) is 6.67. The second kappa shape index (κ2) is 7.50. The smallest absolute Gasteiger partial charge is 0.115 e. The van der Waals surface area contributed by atoms with Gasteiger partial charge in [-0.3, -0.25) is 10.8 Å². The highest BCUT2D eigenvalue weighted by Gasteiger charge is 2.16. The van der Waals surface area contributed by atoms with Crippen LogP contribution < -0.4 is 5.32 Å². The number of nitrogens with one attached hydrogen (secondary N) is 3. The molecule has 0 saturated carbocycles. The van der Waals surface area contributed by atoms with Crippen LogP contribution in [0.15, 0.2) is 0 Å². The van der Waals surface area contributed by atoms with E-state index in [-0.39, 0.29) is 0 Å². The van der Waals surface area contributed by atoms with E-state index in [0.29, 0.717) is 24.6 Å². The van der Waals surface area contributed by atoms with E-state index < -0.39 is 0 Å². The average Bonchev–Trinajstić information content (AvgIpc) is 2.19. The van der Waals surface area contributed by atoms with Gasteiger partial charge in [-0.1, -0.05) is 27.2 Å². The Hall–Kier alpha value is -0.900. The van der Waals surface area contributed by atoms with E-state index in [1.165, 1.54) is 6.42 Å². The number of hydrogen-bond acceptors (Lipinski definition) is 3. The first-order valence-electron chi connectivity index (χ1n) is 5.30. The van der Waals surface area contributed by atoms with Gasteiger partial charge in [0, 0.05) is 19.5 Å². The van der Waals surface area contributed by atoms with Crippen LogP contribution in [0, 0.1) is 10.8 Å². The molecule has 1 saturated heterocycles. The van der Waals surface area contributed by atoms with Gasteiger partial charge in [0.2, 0.25) is 0 Å². The first-order valence-corrected chi connectivity index (χ1v) is 5.30. The lowest BCUT2D eigenvalue weighted by Gasteiger charge is -2.29. The Kier molecular flexibility index (Phi) is 7.02. The van der Waals surface area contributed by atoms with Crippen LogP contribution in [-0.2, 0) is 0 Å². The molecule has 1 rings (SSSR count). The Bertz CT molecular complexity index is 181. The molecule has 0 atom stereocenters. The summed E-state index contributed by atoms with van der Waals surface area (Å²) in [6, 6.07) is 0. The maximum atomic E-state index is 7.52. The zero-order chi connectivity index (χ0) is 11.0. The van der Waals surface area contributed by atoms with Crippen LogP contribution in [0.1, 0.15) is 33.6 Å². The lowest BCUT2D eigenvalue weighted by atomic mass is 10.3. The van der Waals surface area contributed by atoms with E-state index in [0.717, 1.165) is 13.1 Å². The van der Waals surface area contributed by atoms with Gasteiger partial charge in [-0.2, -0.15) is 0 Å². The monoisotopic (exact) mass is 198 g/mol. The van der Waals surface area contributed by atoms with Crippen LogP contribution in [-0.4, -0.2) is 36.2 Å². The second-order valence-corrected chi connectivity index (χ2v) is 3.28. The molecule has 0 unspecified atom stereocenters. The SMILES string of the molecule is CCC.CCC(=N)N1CCNCC1=N. The molecule has 1 aliphatic rings. The molecule has 1 aliphatic heterocycles. The van der Waals surface area contributed by atoms with Crippen molar-refractivity contribution in [2.24, 2.45) is 0 Å². The molecule has 1 fully saturated rings. The van der Waals surface area contributed by atoms with Gasteiger partial charge in [-0.05, 0) is 0 Å². The van der Waals surface area contributed by atoms with E-state index in [4.69, 9.17) is 10.8 Å². The lowest BCUT2D eigenvalue weighted by Crippen LogP contribution is -2.49. The fourth-order valence-electron chi connectivity index (χ4n) is 1.12. The lowest BCUT2D eigenvalue weighted by molar-refractivity contribution is 0.504. The van der Waals surface area contributed by atoms with E-state index in [9.17, 15) is 0 Å². The summed E-state index contributed by atoms with van der Waals surface area (Å²) in [5.41, 5.74) is 0. The Balaban J connectivity index is 0.000000500. The summed E-state index contributed by atoms with van der Waals surface area (Å²) in [6.45, 7) is 8.44. The van der Waals surface area contributed by atoms with Crippen molar-refractivity contribution >= 4 is 11.7 Å². The van der Waals surface area contributed by atoms with Crippen LogP contribution in [0.3, 0.4) is 0 Å². The van der Waals surface area contributed by atoms with Gasteiger partial charge < -0.3 is 10.2 Å². The highest BCUT2D eigenvalue weighted by atomic mass is 15.2. The minimum atomic E-state index is 0.517. The van der Waals surface area contributed by atoms with E-state index in [2.05, 4.69) is 19.2 Å². The summed E-state index contributed by atoms with van der Waals surface area (Å²) < 4.78 is 0. The quantitative estimate of drug-likeness (QED) is 0.443. The molecule has 0 amide bonds. The Labute approximate surface area is 86.7 Å². The van der Waals surface area contributed by atoms with Crippen molar-refractivity contribution in [2.75, 3.05) is 19.6 Å². The van der Waals surface area contributed by atoms with Gasteiger partial charge >= 0.3 is 0 Å². The van der Waals surface area contributed by atoms with E-state index >= 15 is 0 Å². The summed E-state index contributed by atoms with van der Waals surface area (Å²) in [5, 5.41) is 18.1. The highest BCUT2D eigenvalue weighted by Crippen LogP contribution is 1.98. The number of nitrogens with zero attached hydrogens (tertiary/aromatic N) is 1. The number of piperazine rings is 1. The van der Waals surface area contributed by atoms with Crippen LogP contribution in [0.25, 0.3) is 0 Å². The molecule has 4 nitrogen and oxygen atoms in total. The number of hydrogen-bond donors (Lipinski definition) is 3. The third-order valence-electron chi connectivity index (χ3n) is 1.79. The molecule has 0 spiro atoms. The van der Waals surface area contributed by atoms with E-state index in [1.807, 2.05) is 6.92 Å². The minimum Gasteiger partial charge on any atom is -0.317 e. The number of amidine groups is 2. The van der Waals surface area contributed by atoms with Crippen molar-refractivity contribution in [2.45, 2.75) is 33.6 Å². The maximum absolute atomic E-state index is 7.52. The molecule has 82 valence electrons. The molecule has 0 aromatic rings. The summed E-state index contributed by atoms with van der Waals surface area (Å²) in [5.74, 6) is 1.07. The molecule has 3 N–H and O–H groups in total. The molecular formula is C10H22N4. The van der Waals surface area contributed by atoms with Crippen molar-refractivity contribution < 1.29 is 0 Å². The molecule has 0 aromatic carbocycles. The summed E-state index contributed by atoms with van der Waals surface area (Å²) in [6.07, 6.45) is 1.96. The topological polar surface area (TPSA) is 63.0 Å². The van der Waals surface area contributed by atoms with Gasteiger partial charge in [-0.15, -0.1) is 0 Å². The minimum absolute atomic E-state index is 0.517. The fraction of sp³-hybridized carbons (Fsp3) is 0.800. The molecule has 0 aliphatic carbocycles. The standard InChI is InChI=1S/C7H14N4.C3H8/c1-2-6(8)11-4-3-10-5-7(11)9;1-3-2/h8-10H,2-5H2,1H3;3H2,1-2H3. The Morgan fingerprint density at radius 1 is 1.43 bits per heavy atom. The van der Waals surface area contributed by atoms with Crippen molar-refractivity contribution in [1.82, 2.24) is 10.2 Å². The first kappa shape index (κ1) is 13.1. The van der Waals surface area contributed by atoms with Crippen LogP contribution in [0.5, 0.6) is 0 Å². The molecule has 14 heavy (non-hydrogen) atoms. The normalized spacial score (nSPS) is 15.9.